The normalized spacial score (nSPS) is 10.2. The van der Waals surface area contributed by atoms with Crippen molar-refractivity contribution in [3.05, 3.63) is 77.9 Å². The lowest BCUT2D eigenvalue weighted by Gasteiger charge is -2.10. The first kappa shape index (κ1) is 15.9. The Morgan fingerprint density at radius 3 is 2.32 bits per heavy atom. The Balaban J connectivity index is 1.93. The topological polar surface area (TPSA) is 44.8 Å². The van der Waals surface area contributed by atoms with Crippen LogP contribution < -0.4 is 0 Å². The van der Waals surface area contributed by atoms with Crippen LogP contribution in [0.5, 0.6) is 0 Å². The average molecular weight is 298 g/mol. The van der Waals surface area contributed by atoms with E-state index in [9.17, 15) is 4.79 Å². The molecule has 0 radical (unpaired) electrons. The Morgan fingerprint density at radius 1 is 0.955 bits per heavy atom. The van der Waals surface area contributed by atoms with E-state index in [0.717, 1.165) is 11.1 Å². The summed E-state index contributed by atoms with van der Waals surface area (Å²) in [7, 11) is 1.33. The van der Waals surface area contributed by atoms with Crippen LogP contribution in [0.1, 0.15) is 16.7 Å². The van der Waals surface area contributed by atoms with Crippen molar-refractivity contribution in [2.45, 2.75) is 13.2 Å². The minimum atomic E-state index is -0.461. The van der Waals surface area contributed by atoms with Crippen molar-refractivity contribution in [3.8, 4) is 0 Å². The summed E-state index contributed by atoms with van der Waals surface area (Å²) in [5.74, 6) is -0.461. The molecule has 0 saturated heterocycles. The van der Waals surface area contributed by atoms with E-state index in [1.807, 2.05) is 48.5 Å². The van der Waals surface area contributed by atoms with Gasteiger partial charge in [0.2, 0.25) is 0 Å². The molecule has 2 aromatic rings. The Bertz CT molecular complexity index is 635. The summed E-state index contributed by atoms with van der Waals surface area (Å²) in [5, 5.41) is 0. The van der Waals surface area contributed by atoms with Gasteiger partial charge in [-0.2, -0.15) is 0 Å². The van der Waals surface area contributed by atoms with Crippen molar-refractivity contribution >= 4 is 11.5 Å². The van der Waals surface area contributed by atoms with Gasteiger partial charge in [0.05, 0.1) is 12.7 Å². The molecule has 4 nitrogen and oxygen atoms in total. The number of carbonyl (C=O) groups is 1. The summed E-state index contributed by atoms with van der Waals surface area (Å²) < 4.78 is 4.69. The predicted octanol–water partition coefficient (Wildman–Crippen LogP) is 3.52. The van der Waals surface area contributed by atoms with E-state index < -0.39 is 5.97 Å². The second-order valence-corrected chi connectivity index (χ2v) is 4.64. The Hall–Kier alpha value is -2.43. The Kier molecular flexibility index (Phi) is 5.89. The zero-order chi connectivity index (χ0) is 15.8. The van der Waals surface area contributed by atoms with Crippen molar-refractivity contribution in [1.29, 1.82) is 0 Å². The lowest BCUT2D eigenvalue weighted by molar-refractivity contribution is -0.313. The molecule has 0 aliphatic rings. The Morgan fingerprint density at radius 2 is 1.59 bits per heavy atom. The standard InChI is InChI=1S/C18H18O4/c1-14(18(19)20-2)17-11-7-6-10-16(17)13-22-21-12-15-8-4-3-5-9-15/h3-11H,1,12-13H2,2H3. The van der Waals surface area contributed by atoms with Gasteiger partial charge < -0.3 is 4.74 Å². The number of benzene rings is 2. The summed E-state index contributed by atoms with van der Waals surface area (Å²) in [5.41, 5.74) is 2.82. The number of hydrogen-bond donors (Lipinski definition) is 0. The fourth-order valence-corrected chi connectivity index (χ4v) is 1.96. The molecular weight excluding hydrogens is 280 g/mol. The van der Waals surface area contributed by atoms with Crippen LogP contribution in [-0.4, -0.2) is 13.1 Å². The maximum atomic E-state index is 11.6. The van der Waals surface area contributed by atoms with Gasteiger partial charge in [-0.1, -0.05) is 61.2 Å². The van der Waals surface area contributed by atoms with Crippen LogP contribution in [0.15, 0.2) is 61.2 Å². The van der Waals surface area contributed by atoms with Crippen LogP contribution >= 0.6 is 0 Å². The summed E-state index contributed by atoms with van der Waals surface area (Å²) in [6, 6.07) is 17.1. The molecule has 0 amide bonds. The lowest BCUT2D eigenvalue weighted by atomic mass is 10.0. The highest BCUT2D eigenvalue weighted by Crippen LogP contribution is 2.20. The molecule has 0 N–H and O–H groups in total. The largest absolute Gasteiger partial charge is 0.465 e. The first-order chi connectivity index (χ1) is 10.7. The molecule has 0 fully saturated rings. The summed E-state index contributed by atoms with van der Waals surface area (Å²) in [4.78, 5) is 22.0. The second-order valence-electron chi connectivity index (χ2n) is 4.64. The molecule has 0 bridgehead atoms. The number of rotatable bonds is 7. The molecule has 0 heterocycles. The van der Waals surface area contributed by atoms with E-state index >= 15 is 0 Å². The average Bonchev–Trinajstić information content (AvgIpc) is 2.58. The molecule has 0 unspecified atom stereocenters. The number of ether oxygens (including phenoxy) is 1. The highest BCUT2D eigenvalue weighted by Gasteiger charge is 2.13. The van der Waals surface area contributed by atoms with Crippen molar-refractivity contribution in [3.63, 3.8) is 0 Å². The molecule has 2 rings (SSSR count). The van der Waals surface area contributed by atoms with E-state index in [-0.39, 0.29) is 6.61 Å². The predicted molar refractivity (Wildman–Crippen MR) is 83.5 cm³/mol. The van der Waals surface area contributed by atoms with Crippen LogP contribution in [0.2, 0.25) is 0 Å². The number of esters is 1. The zero-order valence-electron chi connectivity index (χ0n) is 12.5. The van der Waals surface area contributed by atoms with Gasteiger partial charge in [0.25, 0.3) is 0 Å². The fraction of sp³-hybridized carbons (Fsp3) is 0.167. The third-order valence-corrected chi connectivity index (χ3v) is 3.14. The molecule has 2 aromatic carbocycles. The van der Waals surface area contributed by atoms with E-state index in [1.165, 1.54) is 7.11 Å². The molecule has 0 aromatic heterocycles. The summed E-state index contributed by atoms with van der Waals surface area (Å²) in [6.45, 7) is 4.34. The van der Waals surface area contributed by atoms with Crippen LogP contribution in [0.25, 0.3) is 5.57 Å². The first-order valence-electron chi connectivity index (χ1n) is 6.86. The smallest absolute Gasteiger partial charge is 0.337 e. The van der Waals surface area contributed by atoms with Gasteiger partial charge in [-0.15, -0.1) is 0 Å². The van der Waals surface area contributed by atoms with E-state index in [1.54, 1.807) is 6.07 Å². The van der Waals surface area contributed by atoms with Gasteiger partial charge in [0.15, 0.2) is 0 Å². The van der Waals surface area contributed by atoms with Crippen molar-refractivity contribution in [1.82, 2.24) is 0 Å². The third-order valence-electron chi connectivity index (χ3n) is 3.14. The first-order valence-corrected chi connectivity index (χ1v) is 6.86. The molecular formula is C18H18O4. The van der Waals surface area contributed by atoms with Crippen LogP contribution in [0, 0.1) is 0 Å². The summed E-state index contributed by atoms with van der Waals surface area (Å²) in [6.07, 6.45) is 0. The summed E-state index contributed by atoms with van der Waals surface area (Å²) >= 11 is 0. The van der Waals surface area contributed by atoms with Crippen LogP contribution in [0.4, 0.5) is 0 Å². The highest BCUT2D eigenvalue weighted by molar-refractivity contribution is 6.15. The monoisotopic (exact) mass is 298 g/mol. The van der Waals surface area contributed by atoms with E-state index in [0.29, 0.717) is 17.7 Å². The van der Waals surface area contributed by atoms with Gasteiger partial charge in [-0.25, -0.2) is 14.6 Å². The SMILES string of the molecule is C=C(C(=O)OC)c1ccccc1COOCc1ccccc1. The van der Waals surface area contributed by atoms with Gasteiger partial charge in [-0.05, 0) is 16.7 Å². The van der Waals surface area contributed by atoms with Gasteiger partial charge in [0.1, 0.15) is 13.2 Å². The second kappa shape index (κ2) is 8.12. The third kappa shape index (κ3) is 4.28. The van der Waals surface area contributed by atoms with Crippen molar-refractivity contribution in [2.24, 2.45) is 0 Å². The minimum absolute atomic E-state index is 0.221. The number of methoxy groups -OCH3 is 1. The molecule has 114 valence electrons. The maximum absolute atomic E-state index is 11.6. The quantitative estimate of drug-likeness (QED) is 0.258. The van der Waals surface area contributed by atoms with Gasteiger partial charge in [-0.3, -0.25) is 0 Å². The number of carbonyl (C=O) groups excluding carboxylic acids is 1. The van der Waals surface area contributed by atoms with Crippen LogP contribution in [-0.2, 0) is 32.5 Å². The highest BCUT2D eigenvalue weighted by atomic mass is 17.2. The van der Waals surface area contributed by atoms with Crippen molar-refractivity contribution < 1.29 is 19.3 Å². The van der Waals surface area contributed by atoms with Gasteiger partial charge >= 0.3 is 5.97 Å². The molecule has 22 heavy (non-hydrogen) atoms. The molecule has 0 spiro atoms. The van der Waals surface area contributed by atoms with E-state index in [4.69, 9.17) is 14.5 Å². The van der Waals surface area contributed by atoms with Crippen LogP contribution in [0.3, 0.4) is 0 Å². The van der Waals surface area contributed by atoms with Gasteiger partial charge in [0, 0.05) is 0 Å². The molecule has 0 saturated carbocycles. The lowest BCUT2D eigenvalue weighted by Crippen LogP contribution is -2.06. The number of hydrogen-bond acceptors (Lipinski definition) is 4. The minimum Gasteiger partial charge on any atom is -0.465 e. The molecule has 0 aliphatic heterocycles. The zero-order valence-corrected chi connectivity index (χ0v) is 12.5. The van der Waals surface area contributed by atoms with E-state index in [2.05, 4.69) is 6.58 Å². The molecule has 0 aliphatic carbocycles. The molecule has 4 heteroatoms. The maximum Gasteiger partial charge on any atom is 0.337 e. The Labute approximate surface area is 129 Å². The molecule has 0 atom stereocenters. The fourth-order valence-electron chi connectivity index (χ4n) is 1.96. The van der Waals surface area contributed by atoms with Crippen molar-refractivity contribution in [2.75, 3.05) is 7.11 Å².